The predicted molar refractivity (Wildman–Crippen MR) is 119 cm³/mol. The van der Waals surface area contributed by atoms with Crippen LogP contribution in [-0.4, -0.2) is 68.0 Å². The van der Waals surface area contributed by atoms with E-state index in [1.807, 2.05) is 12.1 Å². The molecule has 168 valence electrons. The number of methoxy groups -OCH3 is 1. The number of hydrogen-bond donors (Lipinski definition) is 0. The summed E-state index contributed by atoms with van der Waals surface area (Å²) in [7, 11) is -2.05. The molecule has 2 saturated heterocycles. The molecule has 0 N–H and O–H groups in total. The average Bonchev–Trinajstić information content (AvgIpc) is 2.80. The maximum absolute atomic E-state index is 13.0. The van der Waals surface area contributed by atoms with E-state index in [1.165, 1.54) is 13.2 Å². The fourth-order valence-electron chi connectivity index (χ4n) is 4.37. The summed E-state index contributed by atoms with van der Waals surface area (Å²) in [6.45, 7) is 2.98. The largest absolute Gasteiger partial charge is 0.495 e. The molecule has 7 nitrogen and oxygen atoms in total. The molecule has 1 aromatic carbocycles. The predicted octanol–water partition coefficient (Wildman–Crippen LogP) is 3.44. The highest BCUT2D eigenvalue weighted by Gasteiger charge is 2.33. The molecule has 0 amide bonds. The van der Waals surface area contributed by atoms with E-state index in [0.29, 0.717) is 29.9 Å². The molecule has 2 aliphatic rings. The van der Waals surface area contributed by atoms with Gasteiger partial charge in [-0.25, -0.2) is 8.42 Å². The number of sulfonamides is 1. The Hall–Kier alpha value is -1.87. The zero-order chi connectivity index (χ0) is 21.8. The maximum Gasteiger partial charge on any atom is 0.243 e. The molecule has 2 aliphatic heterocycles. The summed E-state index contributed by atoms with van der Waals surface area (Å²) in [5.41, 5.74) is 0. The first-order chi connectivity index (χ1) is 15.0. The number of rotatable bonds is 6. The van der Waals surface area contributed by atoms with Gasteiger partial charge in [-0.15, -0.1) is 0 Å². The van der Waals surface area contributed by atoms with Crippen LogP contribution < -0.4 is 9.47 Å². The van der Waals surface area contributed by atoms with Gasteiger partial charge >= 0.3 is 0 Å². The second-order valence-electron chi connectivity index (χ2n) is 7.97. The number of piperidine rings is 2. The highest BCUT2D eigenvalue weighted by atomic mass is 35.5. The number of likely N-dealkylation sites (tertiary alicyclic amines) is 1. The van der Waals surface area contributed by atoms with Gasteiger partial charge in [0.15, 0.2) is 0 Å². The lowest BCUT2D eigenvalue weighted by Crippen LogP contribution is -2.50. The van der Waals surface area contributed by atoms with Crippen LogP contribution >= 0.6 is 11.6 Å². The average molecular weight is 466 g/mol. The van der Waals surface area contributed by atoms with Crippen LogP contribution in [0.25, 0.3) is 0 Å². The molecule has 0 radical (unpaired) electrons. The van der Waals surface area contributed by atoms with Crippen molar-refractivity contribution in [3.8, 4) is 11.5 Å². The Bertz CT molecular complexity index is 974. The van der Waals surface area contributed by atoms with Crippen LogP contribution in [0.3, 0.4) is 0 Å². The van der Waals surface area contributed by atoms with Crippen LogP contribution in [-0.2, 0) is 10.0 Å². The third-order valence-corrected chi connectivity index (χ3v) is 8.32. The van der Waals surface area contributed by atoms with E-state index in [-0.39, 0.29) is 11.0 Å². The lowest BCUT2D eigenvalue weighted by molar-refractivity contribution is 0.0585. The molecule has 1 aromatic heterocycles. The van der Waals surface area contributed by atoms with Crippen molar-refractivity contribution in [2.24, 2.45) is 0 Å². The van der Waals surface area contributed by atoms with Gasteiger partial charge in [-0.2, -0.15) is 4.31 Å². The van der Waals surface area contributed by atoms with Crippen LogP contribution in [0.15, 0.2) is 47.6 Å². The molecule has 3 heterocycles. The summed E-state index contributed by atoms with van der Waals surface area (Å²) in [4.78, 5) is 6.72. The summed E-state index contributed by atoms with van der Waals surface area (Å²) in [5.74, 6) is 1.33. The van der Waals surface area contributed by atoms with Crippen molar-refractivity contribution in [3.63, 3.8) is 0 Å². The van der Waals surface area contributed by atoms with Crippen molar-refractivity contribution >= 4 is 21.6 Å². The standard InChI is InChI=1S/C22H28ClN3O4S/c1-29-22-3-2-20(16-21(22)23)31(27,28)26-14-6-17(7-15-26)25-12-8-19(9-13-25)30-18-4-10-24-11-5-18/h2-5,10-11,16-17,19H,6-9,12-15H2,1H3. The minimum Gasteiger partial charge on any atom is -0.495 e. The van der Waals surface area contributed by atoms with Crippen molar-refractivity contribution in [2.75, 3.05) is 33.3 Å². The quantitative estimate of drug-likeness (QED) is 0.650. The summed E-state index contributed by atoms with van der Waals surface area (Å²) >= 11 is 6.13. The summed E-state index contributed by atoms with van der Waals surface area (Å²) in [5, 5.41) is 0.301. The Labute approximate surface area is 189 Å². The lowest BCUT2D eigenvalue weighted by Gasteiger charge is -2.41. The van der Waals surface area contributed by atoms with Gasteiger partial charge in [0.25, 0.3) is 0 Å². The summed E-state index contributed by atoms with van der Waals surface area (Å²) < 4.78 is 38.8. The SMILES string of the molecule is COc1ccc(S(=O)(=O)N2CCC(N3CCC(Oc4ccncc4)CC3)CC2)cc1Cl. The van der Waals surface area contributed by atoms with Gasteiger partial charge in [-0.05, 0) is 56.0 Å². The van der Waals surface area contributed by atoms with E-state index in [1.54, 1.807) is 28.8 Å². The first-order valence-electron chi connectivity index (χ1n) is 10.6. The number of aromatic nitrogens is 1. The Morgan fingerprint density at radius 2 is 1.68 bits per heavy atom. The minimum absolute atomic E-state index is 0.214. The van der Waals surface area contributed by atoms with Crippen LogP contribution in [0.5, 0.6) is 11.5 Å². The molecule has 0 spiro atoms. The van der Waals surface area contributed by atoms with Gasteiger partial charge in [0, 0.05) is 44.6 Å². The number of hydrogen-bond acceptors (Lipinski definition) is 6. The fourth-order valence-corrected chi connectivity index (χ4v) is 6.19. The Morgan fingerprint density at radius 1 is 1.00 bits per heavy atom. The third kappa shape index (κ3) is 5.14. The van der Waals surface area contributed by atoms with Gasteiger partial charge in [-0.3, -0.25) is 4.98 Å². The molecule has 0 unspecified atom stereocenters. The zero-order valence-electron chi connectivity index (χ0n) is 17.6. The van der Waals surface area contributed by atoms with E-state index in [0.717, 1.165) is 44.5 Å². The molecule has 4 rings (SSSR count). The first kappa shape index (κ1) is 22.3. The molecule has 9 heteroatoms. The number of nitrogens with zero attached hydrogens (tertiary/aromatic N) is 3. The normalized spacial score (nSPS) is 19.9. The maximum atomic E-state index is 13.0. The van der Waals surface area contributed by atoms with E-state index in [4.69, 9.17) is 21.1 Å². The number of ether oxygens (including phenoxy) is 2. The zero-order valence-corrected chi connectivity index (χ0v) is 19.2. The lowest BCUT2D eigenvalue weighted by atomic mass is 10.00. The van der Waals surface area contributed by atoms with Crippen molar-refractivity contribution in [1.82, 2.24) is 14.2 Å². The topological polar surface area (TPSA) is 72.0 Å². The van der Waals surface area contributed by atoms with E-state index in [9.17, 15) is 8.42 Å². The highest BCUT2D eigenvalue weighted by Crippen LogP contribution is 2.30. The summed E-state index contributed by atoms with van der Waals surface area (Å²) in [6, 6.07) is 8.81. The number of pyridine rings is 1. The molecule has 0 atom stereocenters. The monoisotopic (exact) mass is 465 g/mol. The number of halogens is 1. The highest BCUT2D eigenvalue weighted by molar-refractivity contribution is 7.89. The van der Waals surface area contributed by atoms with Crippen LogP contribution in [0, 0.1) is 0 Å². The molecule has 0 aliphatic carbocycles. The number of benzene rings is 1. The van der Waals surface area contributed by atoms with Crippen molar-refractivity contribution in [1.29, 1.82) is 0 Å². The van der Waals surface area contributed by atoms with Gasteiger partial charge < -0.3 is 14.4 Å². The van der Waals surface area contributed by atoms with Crippen molar-refractivity contribution in [3.05, 3.63) is 47.7 Å². The smallest absolute Gasteiger partial charge is 0.243 e. The Morgan fingerprint density at radius 3 is 2.29 bits per heavy atom. The Kier molecular flexibility index (Phi) is 7.01. The molecular formula is C22H28ClN3O4S. The van der Waals surface area contributed by atoms with Gasteiger partial charge in [-0.1, -0.05) is 11.6 Å². The molecule has 0 saturated carbocycles. The van der Waals surface area contributed by atoms with Crippen LogP contribution in [0.4, 0.5) is 0 Å². The second kappa shape index (κ2) is 9.73. The molecular weight excluding hydrogens is 438 g/mol. The molecule has 2 aromatic rings. The summed E-state index contributed by atoms with van der Waals surface area (Å²) in [6.07, 6.45) is 7.33. The third-order valence-electron chi connectivity index (χ3n) is 6.13. The second-order valence-corrected chi connectivity index (χ2v) is 10.3. The van der Waals surface area contributed by atoms with Gasteiger partial charge in [0.2, 0.25) is 10.0 Å². The fraction of sp³-hybridized carbons (Fsp3) is 0.500. The molecule has 31 heavy (non-hydrogen) atoms. The van der Waals surface area contributed by atoms with Gasteiger partial charge in [0.1, 0.15) is 17.6 Å². The Balaban J connectivity index is 1.29. The van der Waals surface area contributed by atoms with Gasteiger partial charge in [0.05, 0.1) is 17.0 Å². The molecule has 2 fully saturated rings. The first-order valence-corrected chi connectivity index (χ1v) is 12.4. The minimum atomic E-state index is -3.56. The van der Waals surface area contributed by atoms with Crippen molar-refractivity contribution < 1.29 is 17.9 Å². The van der Waals surface area contributed by atoms with Crippen LogP contribution in [0.1, 0.15) is 25.7 Å². The van der Waals surface area contributed by atoms with Crippen LogP contribution in [0.2, 0.25) is 5.02 Å². The van der Waals surface area contributed by atoms with E-state index >= 15 is 0 Å². The van der Waals surface area contributed by atoms with Crippen molar-refractivity contribution in [2.45, 2.75) is 42.7 Å². The van der Waals surface area contributed by atoms with E-state index < -0.39 is 10.0 Å². The van der Waals surface area contributed by atoms with E-state index in [2.05, 4.69) is 9.88 Å². The molecule has 0 bridgehead atoms.